The van der Waals surface area contributed by atoms with E-state index in [4.69, 9.17) is 14.9 Å². The van der Waals surface area contributed by atoms with Crippen LogP contribution in [0.1, 0.15) is 0 Å². The van der Waals surface area contributed by atoms with Gasteiger partial charge in [-0.25, -0.2) is 0 Å². The van der Waals surface area contributed by atoms with Gasteiger partial charge < -0.3 is 19.8 Å². The van der Waals surface area contributed by atoms with Crippen molar-refractivity contribution in [1.29, 1.82) is 0 Å². The molecule has 0 aliphatic heterocycles. The third kappa shape index (κ3) is 3.98. The zero-order valence-corrected chi connectivity index (χ0v) is 11.3. The van der Waals surface area contributed by atoms with E-state index in [2.05, 4.69) is 0 Å². The monoisotopic (exact) mass is 273 g/mol. The summed E-state index contributed by atoms with van der Waals surface area (Å²) < 4.78 is 5.77. The molecule has 2 aromatic rings. The summed E-state index contributed by atoms with van der Waals surface area (Å²) in [4.78, 5) is 1.91. The first-order valence-electron chi connectivity index (χ1n) is 6.63. The Morgan fingerprint density at radius 3 is 2.10 bits per heavy atom. The second kappa shape index (κ2) is 7.53. The van der Waals surface area contributed by atoms with Gasteiger partial charge in [0.15, 0.2) is 0 Å². The van der Waals surface area contributed by atoms with Crippen LogP contribution in [0.4, 0.5) is 5.69 Å². The van der Waals surface area contributed by atoms with Gasteiger partial charge in [-0.2, -0.15) is 0 Å². The molecule has 0 saturated heterocycles. The van der Waals surface area contributed by atoms with Crippen LogP contribution >= 0.6 is 0 Å². The molecule has 2 rings (SSSR count). The van der Waals surface area contributed by atoms with Gasteiger partial charge in [-0.3, -0.25) is 0 Å². The Labute approximate surface area is 118 Å². The minimum atomic E-state index is 0.0454. The highest BCUT2D eigenvalue weighted by molar-refractivity contribution is 5.51. The number of para-hydroxylation sites is 1. The van der Waals surface area contributed by atoms with Crippen molar-refractivity contribution < 1.29 is 14.9 Å². The Kier molecular flexibility index (Phi) is 5.41. The molecule has 20 heavy (non-hydrogen) atoms. The molecule has 4 nitrogen and oxygen atoms in total. The van der Waals surface area contributed by atoms with E-state index in [1.807, 2.05) is 59.5 Å². The van der Waals surface area contributed by atoms with Gasteiger partial charge >= 0.3 is 0 Å². The molecule has 4 heteroatoms. The van der Waals surface area contributed by atoms with E-state index in [0.717, 1.165) is 17.2 Å². The molecule has 0 unspecified atom stereocenters. The summed E-state index contributed by atoms with van der Waals surface area (Å²) >= 11 is 0. The molecule has 0 aliphatic rings. The van der Waals surface area contributed by atoms with E-state index in [9.17, 15) is 0 Å². The highest BCUT2D eigenvalue weighted by Crippen LogP contribution is 2.25. The molecule has 106 valence electrons. The van der Waals surface area contributed by atoms with Crippen LogP contribution in [0.15, 0.2) is 54.6 Å². The molecule has 0 amide bonds. The molecule has 0 radical (unpaired) electrons. The van der Waals surface area contributed by atoms with Crippen LogP contribution in [0.2, 0.25) is 0 Å². The van der Waals surface area contributed by atoms with E-state index in [-0.39, 0.29) is 13.2 Å². The van der Waals surface area contributed by atoms with Crippen molar-refractivity contribution >= 4 is 5.69 Å². The van der Waals surface area contributed by atoms with Crippen LogP contribution in [0.3, 0.4) is 0 Å². The van der Waals surface area contributed by atoms with Crippen LogP contribution in [0.25, 0.3) is 0 Å². The summed E-state index contributed by atoms with van der Waals surface area (Å²) in [6.07, 6.45) is 0. The molecule has 0 aromatic heterocycles. The van der Waals surface area contributed by atoms with E-state index < -0.39 is 0 Å². The summed E-state index contributed by atoms with van der Waals surface area (Å²) in [5, 5.41) is 18.1. The molecule has 0 saturated carbocycles. The van der Waals surface area contributed by atoms with Gasteiger partial charge in [0.1, 0.15) is 11.5 Å². The standard InChI is InChI=1S/C16H19NO3/c18-11-9-17(10-12-19)14-5-4-8-16(13-14)20-15-6-2-1-3-7-15/h1-8,13,18-19H,9-12H2. The quantitative estimate of drug-likeness (QED) is 0.812. The van der Waals surface area contributed by atoms with Gasteiger partial charge in [-0.05, 0) is 24.3 Å². The molecule has 0 atom stereocenters. The molecule has 0 aliphatic carbocycles. The van der Waals surface area contributed by atoms with Crippen LogP contribution in [-0.4, -0.2) is 36.5 Å². The summed E-state index contributed by atoms with van der Waals surface area (Å²) in [5.74, 6) is 1.51. The number of aliphatic hydroxyl groups excluding tert-OH is 2. The molecule has 2 aromatic carbocycles. The van der Waals surface area contributed by atoms with E-state index >= 15 is 0 Å². The fourth-order valence-corrected chi connectivity index (χ4v) is 1.98. The Bertz CT molecular complexity index is 510. The normalized spacial score (nSPS) is 10.3. The summed E-state index contributed by atoms with van der Waals surface area (Å²) in [6.45, 7) is 1.05. The van der Waals surface area contributed by atoms with Crippen LogP contribution in [0, 0.1) is 0 Å². The first-order valence-corrected chi connectivity index (χ1v) is 6.63. The van der Waals surface area contributed by atoms with Crippen LogP contribution in [-0.2, 0) is 0 Å². The van der Waals surface area contributed by atoms with Gasteiger partial charge in [0.05, 0.1) is 13.2 Å². The molecule has 0 bridgehead atoms. The third-order valence-corrected chi connectivity index (χ3v) is 2.90. The molecule has 2 N–H and O–H groups in total. The van der Waals surface area contributed by atoms with Crippen molar-refractivity contribution in [2.45, 2.75) is 0 Å². The largest absolute Gasteiger partial charge is 0.457 e. The zero-order chi connectivity index (χ0) is 14.2. The number of aliphatic hydroxyl groups is 2. The van der Waals surface area contributed by atoms with E-state index in [0.29, 0.717) is 13.1 Å². The second-order valence-electron chi connectivity index (χ2n) is 4.35. The Morgan fingerprint density at radius 2 is 1.45 bits per heavy atom. The lowest BCUT2D eigenvalue weighted by Gasteiger charge is -2.23. The topological polar surface area (TPSA) is 52.9 Å². The van der Waals surface area contributed by atoms with Crippen molar-refractivity contribution in [2.75, 3.05) is 31.2 Å². The van der Waals surface area contributed by atoms with Gasteiger partial charge in [0, 0.05) is 24.8 Å². The van der Waals surface area contributed by atoms with Gasteiger partial charge in [0.2, 0.25) is 0 Å². The number of benzene rings is 2. The zero-order valence-electron chi connectivity index (χ0n) is 11.3. The Morgan fingerprint density at radius 1 is 0.800 bits per heavy atom. The average molecular weight is 273 g/mol. The van der Waals surface area contributed by atoms with Gasteiger partial charge in [-0.15, -0.1) is 0 Å². The SMILES string of the molecule is OCCN(CCO)c1cccc(Oc2ccccc2)c1. The van der Waals surface area contributed by atoms with Crippen molar-refractivity contribution in [3.63, 3.8) is 0 Å². The van der Waals surface area contributed by atoms with Crippen molar-refractivity contribution in [2.24, 2.45) is 0 Å². The number of anilines is 1. The maximum Gasteiger partial charge on any atom is 0.129 e. The number of nitrogens with zero attached hydrogens (tertiary/aromatic N) is 1. The number of ether oxygens (including phenoxy) is 1. The minimum Gasteiger partial charge on any atom is -0.457 e. The van der Waals surface area contributed by atoms with Crippen molar-refractivity contribution in [3.8, 4) is 11.5 Å². The molecular formula is C16H19NO3. The number of hydrogen-bond acceptors (Lipinski definition) is 4. The lowest BCUT2D eigenvalue weighted by atomic mass is 10.2. The fraction of sp³-hybridized carbons (Fsp3) is 0.250. The van der Waals surface area contributed by atoms with E-state index in [1.54, 1.807) is 0 Å². The predicted molar refractivity (Wildman–Crippen MR) is 79.3 cm³/mol. The smallest absolute Gasteiger partial charge is 0.129 e. The molecule has 0 fully saturated rings. The lowest BCUT2D eigenvalue weighted by Crippen LogP contribution is -2.29. The summed E-state index contributed by atoms with van der Waals surface area (Å²) in [6, 6.07) is 17.2. The van der Waals surface area contributed by atoms with Gasteiger partial charge in [-0.1, -0.05) is 24.3 Å². The molecule has 0 heterocycles. The third-order valence-electron chi connectivity index (χ3n) is 2.90. The first kappa shape index (κ1) is 14.4. The number of hydrogen-bond donors (Lipinski definition) is 2. The lowest BCUT2D eigenvalue weighted by molar-refractivity contribution is 0.281. The highest BCUT2D eigenvalue weighted by atomic mass is 16.5. The second-order valence-corrected chi connectivity index (χ2v) is 4.35. The summed E-state index contributed by atoms with van der Waals surface area (Å²) in [5.41, 5.74) is 0.918. The maximum atomic E-state index is 9.07. The fourth-order valence-electron chi connectivity index (χ4n) is 1.98. The highest BCUT2D eigenvalue weighted by Gasteiger charge is 2.06. The Balaban J connectivity index is 2.14. The predicted octanol–water partition coefficient (Wildman–Crippen LogP) is 2.27. The first-order chi connectivity index (χ1) is 9.83. The number of rotatable bonds is 7. The van der Waals surface area contributed by atoms with Crippen LogP contribution < -0.4 is 9.64 Å². The summed E-state index contributed by atoms with van der Waals surface area (Å²) in [7, 11) is 0. The molecule has 0 spiro atoms. The maximum absolute atomic E-state index is 9.07. The minimum absolute atomic E-state index is 0.0454. The average Bonchev–Trinajstić information content (AvgIpc) is 2.48. The van der Waals surface area contributed by atoms with Gasteiger partial charge in [0.25, 0.3) is 0 Å². The van der Waals surface area contributed by atoms with Crippen molar-refractivity contribution in [3.05, 3.63) is 54.6 Å². The van der Waals surface area contributed by atoms with Crippen LogP contribution in [0.5, 0.6) is 11.5 Å². The van der Waals surface area contributed by atoms with Crippen molar-refractivity contribution in [1.82, 2.24) is 0 Å². The molecular weight excluding hydrogens is 254 g/mol. The van der Waals surface area contributed by atoms with E-state index in [1.165, 1.54) is 0 Å². The Hall–Kier alpha value is -2.04.